The van der Waals surface area contributed by atoms with Crippen LogP contribution in [-0.4, -0.2) is 15.7 Å². The number of rotatable bonds is 2. The van der Waals surface area contributed by atoms with Crippen LogP contribution in [0.3, 0.4) is 0 Å². The van der Waals surface area contributed by atoms with Crippen LogP contribution in [-0.2, 0) is 0 Å². The quantitative estimate of drug-likeness (QED) is 0.699. The smallest absolute Gasteiger partial charge is 0.408 e. The first kappa shape index (κ1) is 10.6. The molecule has 3 aromatic rings. The van der Waals surface area contributed by atoms with E-state index in [0.717, 1.165) is 17.4 Å². The van der Waals surface area contributed by atoms with Gasteiger partial charge in [0.05, 0.1) is 11.4 Å². The predicted molar refractivity (Wildman–Crippen MR) is 65.8 cm³/mol. The summed E-state index contributed by atoms with van der Waals surface area (Å²) in [5, 5.41) is 0. The molecule has 3 aromatic heterocycles. The minimum absolute atomic E-state index is 0.478. The Morgan fingerprint density at radius 1 is 1.39 bits per heavy atom. The minimum Gasteiger partial charge on any atom is -0.408 e. The molecule has 0 amide bonds. The highest BCUT2D eigenvalue weighted by Gasteiger charge is 2.11. The Bertz CT molecular complexity index is 792. The first-order chi connectivity index (χ1) is 8.69. The van der Waals surface area contributed by atoms with Gasteiger partial charge in [-0.15, -0.1) is 0 Å². The molecule has 0 saturated carbocycles. The molecule has 5 nitrogen and oxygen atoms in total. The number of aryl methyl sites for hydroxylation is 1. The molecule has 3 heterocycles. The monoisotopic (exact) mass is 242 g/mol. The Morgan fingerprint density at radius 3 is 2.89 bits per heavy atom. The minimum atomic E-state index is -0.478. The number of nitrogens with one attached hydrogen (secondary N) is 1. The molecule has 18 heavy (non-hydrogen) atoms. The second-order valence-corrected chi connectivity index (χ2v) is 4.06. The van der Waals surface area contributed by atoms with Crippen molar-refractivity contribution in [1.29, 1.82) is 0 Å². The second kappa shape index (κ2) is 3.73. The number of aromatic nitrogens is 2. The van der Waals surface area contributed by atoms with Gasteiger partial charge in [0.15, 0.2) is 12.0 Å². The summed E-state index contributed by atoms with van der Waals surface area (Å²) >= 11 is 0. The Labute approximate surface area is 102 Å². The van der Waals surface area contributed by atoms with Crippen LogP contribution in [0.25, 0.3) is 16.8 Å². The van der Waals surface area contributed by atoms with Crippen molar-refractivity contribution in [1.82, 2.24) is 9.38 Å². The first-order valence-corrected chi connectivity index (χ1v) is 5.45. The fraction of sp³-hybridized carbons (Fsp3) is 0.0769. The van der Waals surface area contributed by atoms with Gasteiger partial charge in [0.25, 0.3) is 0 Å². The molecular formula is C13H10N2O3. The zero-order valence-corrected chi connectivity index (χ0v) is 9.64. The van der Waals surface area contributed by atoms with Gasteiger partial charge < -0.3 is 8.82 Å². The highest BCUT2D eigenvalue weighted by molar-refractivity contribution is 5.77. The van der Waals surface area contributed by atoms with Crippen molar-refractivity contribution < 1.29 is 9.21 Å². The molecule has 0 unspecified atom stereocenters. The predicted octanol–water partition coefficient (Wildman–Crippen LogP) is 2.01. The number of fused-ring (bicyclic) bond motifs is 1. The van der Waals surface area contributed by atoms with Gasteiger partial charge in [0.2, 0.25) is 0 Å². The fourth-order valence-corrected chi connectivity index (χ4v) is 2.06. The van der Waals surface area contributed by atoms with Gasteiger partial charge in [-0.1, -0.05) is 6.07 Å². The molecule has 0 aromatic carbocycles. The van der Waals surface area contributed by atoms with E-state index in [9.17, 15) is 9.59 Å². The third-order valence-electron chi connectivity index (χ3n) is 2.87. The van der Waals surface area contributed by atoms with E-state index in [2.05, 4.69) is 4.98 Å². The van der Waals surface area contributed by atoms with Crippen LogP contribution in [0, 0.1) is 6.92 Å². The third kappa shape index (κ3) is 1.48. The number of hydrogen-bond acceptors (Lipinski definition) is 3. The number of aromatic amines is 1. The van der Waals surface area contributed by atoms with Crippen LogP contribution in [0.5, 0.6) is 0 Å². The van der Waals surface area contributed by atoms with Crippen molar-refractivity contribution in [2.75, 3.05) is 0 Å². The number of oxazole rings is 1. The van der Waals surface area contributed by atoms with Crippen molar-refractivity contribution in [2.45, 2.75) is 6.92 Å². The van der Waals surface area contributed by atoms with E-state index in [1.807, 2.05) is 18.2 Å². The first-order valence-electron chi connectivity index (χ1n) is 5.45. The molecule has 0 saturated heterocycles. The zero-order chi connectivity index (χ0) is 12.7. The number of carbonyl (C=O) groups excluding carboxylic acids is 1. The van der Waals surface area contributed by atoms with E-state index in [0.29, 0.717) is 17.1 Å². The summed E-state index contributed by atoms with van der Waals surface area (Å²) in [6.07, 6.45) is 2.56. The van der Waals surface area contributed by atoms with Crippen LogP contribution >= 0.6 is 0 Å². The van der Waals surface area contributed by atoms with Gasteiger partial charge in [0.1, 0.15) is 0 Å². The molecule has 90 valence electrons. The molecule has 0 spiro atoms. The Kier molecular flexibility index (Phi) is 2.19. The Morgan fingerprint density at radius 2 is 2.22 bits per heavy atom. The number of H-pyrrole nitrogens is 1. The summed E-state index contributed by atoms with van der Waals surface area (Å²) in [5.41, 5.74) is 2.86. The van der Waals surface area contributed by atoms with Crippen molar-refractivity contribution in [2.24, 2.45) is 0 Å². The summed E-state index contributed by atoms with van der Waals surface area (Å²) in [4.78, 5) is 24.7. The summed E-state index contributed by atoms with van der Waals surface area (Å²) in [5.74, 6) is 0.0221. The lowest BCUT2D eigenvalue weighted by Crippen LogP contribution is -1.94. The lowest BCUT2D eigenvalue weighted by atomic mass is 10.2. The maximum Gasteiger partial charge on any atom is 0.417 e. The molecule has 3 rings (SSSR count). The molecule has 0 aliphatic rings. The molecule has 5 heteroatoms. The maximum absolute atomic E-state index is 11.1. The molecule has 0 fully saturated rings. The Hall–Kier alpha value is -2.56. The molecule has 0 aliphatic carbocycles. The van der Waals surface area contributed by atoms with Crippen molar-refractivity contribution >= 4 is 11.8 Å². The fourth-order valence-electron chi connectivity index (χ4n) is 2.06. The van der Waals surface area contributed by atoms with Gasteiger partial charge in [0, 0.05) is 17.3 Å². The molecular weight excluding hydrogens is 232 g/mol. The standard InChI is InChI=1S/C13H10N2O3/c1-8-12(18-13(17)14-8)9-5-10-3-2-4-11(7-16)15(10)6-9/h2-7H,1H3,(H,14,17). The number of carbonyl (C=O) groups is 1. The molecule has 0 radical (unpaired) electrons. The van der Waals surface area contributed by atoms with Crippen LogP contribution < -0.4 is 5.76 Å². The van der Waals surface area contributed by atoms with Crippen LogP contribution in [0.4, 0.5) is 0 Å². The average Bonchev–Trinajstić information content (AvgIpc) is 2.91. The average molecular weight is 242 g/mol. The van der Waals surface area contributed by atoms with E-state index in [4.69, 9.17) is 4.42 Å². The second-order valence-electron chi connectivity index (χ2n) is 4.06. The van der Waals surface area contributed by atoms with Gasteiger partial charge in [-0.2, -0.15) is 0 Å². The Balaban J connectivity index is 2.28. The topological polar surface area (TPSA) is 67.5 Å². The van der Waals surface area contributed by atoms with Crippen molar-refractivity contribution in [3.8, 4) is 11.3 Å². The van der Waals surface area contributed by atoms with E-state index < -0.39 is 5.76 Å². The van der Waals surface area contributed by atoms with Gasteiger partial charge in [-0.3, -0.25) is 9.78 Å². The maximum atomic E-state index is 11.1. The van der Waals surface area contributed by atoms with E-state index in [1.54, 1.807) is 23.6 Å². The summed E-state index contributed by atoms with van der Waals surface area (Å²) in [7, 11) is 0. The molecule has 0 bridgehead atoms. The van der Waals surface area contributed by atoms with Gasteiger partial charge >= 0.3 is 5.76 Å². The highest BCUT2D eigenvalue weighted by Crippen LogP contribution is 2.24. The lowest BCUT2D eigenvalue weighted by molar-refractivity contribution is 0.111. The largest absolute Gasteiger partial charge is 0.417 e. The van der Waals surface area contributed by atoms with Gasteiger partial charge in [-0.05, 0) is 25.1 Å². The highest BCUT2D eigenvalue weighted by atomic mass is 16.4. The third-order valence-corrected chi connectivity index (χ3v) is 2.87. The van der Waals surface area contributed by atoms with Gasteiger partial charge in [-0.25, -0.2) is 4.79 Å². The van der Waals surface area contributed by atoms with Crippen molar-refractivity contribution in [3.05, 3.63) is 52.4 Å². The summed E-state index contributed by atoms with van der Waals surface area (Å²) in [6.45, 7) is 1.77. The lowest BCUT2D eigenvalue weighted by Gasteiger charge is -1.96. The molecule has 0 atom stereocenters. The summed E-state index contributed by atoms with van der Waals surface area (Å²) < 4.78 is 6.85. The zero-order valence-electron chi connectivity index (χ0n) is 9.64. The number of nitrogens with zero attached hydrogens (tertiary/aromatic N) is 1. The van der Waals surface area contributed by atoms with Crippen LogP contribution in [0.2, 0.25) is 0 Å². The van der Waals surface area contributed by atoms with Crippen LogP contribution in [0.1, 0.15) is 16.2 Å². The van der Waals surface area contributed by atoms with E-state index in [1.165, 1.54) is 0 Å². The van der Waals surface area contributed by atoms with E-state index >= 15 is 0 Å². The van der Waals surface area contributed by atoms with E-state index in [-0.39, 0.29) is 0 Å². The molecule has 1 N–H and O–H groups in total. The normalized spacial score (nSPS) is 10.9. The summed E-state index contributed by atoms with van der Waals surface area (Å²) in [6, 6.07) is 7.29. The number of pyridine rings is 1. The van der Waals surface area contributed by atoms with Crippen LogP contribution in [0.15, 0.2) is 39.7 Å². The van der Waals surface area contributed by atoms with Crippen molar-refractivity contribution in [3.63, 3.8) is 0 Å². The SMILES string of the molecule is Cc1[nH]c(=O)oc1-c1cc2cccc(C=O)n2c1. The number of aldehydes is 1. The molecule has 0 aliphatic heterocycles. The number of hydrogen-bond donors (Lipinski definition) is 1.